The van der Waals surface area contributed by atoms with Crippen LogP contribution in [0.25, 0.3) is 0 Å². The fourth-order valence-electron chi connectivity index (χ4n) is 3.87. The van der Waals surface area contributed by atoms with Crippen LogP contribution in [-0.2, 0) is 9.53 Å². The van der Waals surface area contributed by atoms with E-state index in [1.807, 2.05) is 12.1 Å². The highest BCUT2D eigenvalue weighted by atomic mass is 35.5. The van der Waals surface area contributed by atoms with Crippen molar-refractivity contribution in [2.45, 2.75) is 25.4 Å². The molecule has 2 aliphatic heterocycles. The molecule has 3 aliphatic rings. The third kappa shape index (κ3) is 4.29. The van der Waals surface area contributed by atoms with Crippen molar-refractivity contribution in [3.63, 3.8) is 0 Å². The van der Waals surface area contributed by atoms with Gasteiger partial charge in [-0.3, -0.25) is 9.69 Å². The van der Waals surface area contributed by atoms with Gasteiger partial charge in [-0.1, -0.05) is 29.9 Å². The first-order chi connectivity index (χ1) is 14.4. The minimum absolute atomic E-state index is 0.184. The molecule has 4 rings (SSSR count). The van der Waals surface area contributed by atoms with E-state index in [-0.39, 0.29) is 12.5 Å². The van der Waals surface area contributed by atoms with Crippen LogP contribution >= 0.6 is 23.8 Å². The highest BCUT2D eigenvalue weighted by molar-refractivity contribution is 7.81. The fourth-order valence-corrected chi connectivity index (χ4v) is 4.29. The zero-order chi connectivity index (χ0) is 21.3. The average molecular weight is 447 g/mol. The quantitative estimate of drug-likeness (QED) is 0.533. The maximum atomic E-state index is 12.4. The first kappa shape index (κ1) is 20.7. The summed E-state index contributed by atoms with van der Waals surface area (Å²) in [5.74, 6) is -0.319. The number of allylic oxidation sites excluding steroid dienone is 3. The monoisotopic (exact) mass is 446 g/mol. The van der Waals surface area contributed by atoms with Crippen LogP contribution in [-0.4, -0.2) is 49.1 Å². The molecule has 2 amide bonds. The number of nitrogens with one attached hydrogen (secondary N) is 1. The molecular weight excluding hydrogens is 424 g/mol. The summed E-state index contributed by atoms with van der Waals surface area (Å²) >= 11 is 11.2. The molecule has 0 saturated carbocycles. The number of hydrogen-bond donors (Lipinski definition) is 2. The SMILES string of the molecule is Nc1cc(N2CC(CNC(=O)C3=CC(Cl)=CCC3=S)OC2=O)ccc1N1CCCC1. The fraction of sp³-hybridized carbons (Fsp3) is 0.381. The van der Waals surface area contributed by atoms with Gasteiger partial charge in [0.05, 0.1) is 30.0 Å². The summed E-state index contributed by atoms with van der Waals surface area (Å²) < 4.78 is 5.42. The lowest BCUT2D eigenvalue weighted by Gasteiger charge is -2.21. The Balaban J connectivity index is 1.37. The number of rotatable bonds is 5. The molecule has 9 heteroatoms. The third-order valence-corrected chi connectivity index (χ3v) is 6.09. The second-order valence-corrected chi connectivity index (χ2v) is 8.47. The van der Waals surface area contributed by atoms with Crippen LogP contribution in [0.5, 0.6) is 0 Å². The van der Waals surface area contributed by atoms with Crippen molar-refractivity contribution in [1.29, 1.82) is 0 Å². The molecule has 7 nitrogen and oxygen atoms in total. The Morgan fingerprint density at radius 3 is 2.83 bits per heavy atom. The molecule has 1 aromatic rings. The Morgan fingerprint density at radius 1 is 1.33 bits per heavy atom. The summed E-state index contributed by atoms with van der Waals surface area (Å²) in [5, 5.41) is 3.27. The lowest BCUT2D eigenvalue weighted by Crippen LogP contribution is -2.36. The van der Waals surface area contributed by atoms with Gasteiger partial charge in [-0.05, 0) is 37.1 Å². The van der Waals surface area contributed by atoms with Crippen molar-refractivity contribution in [1.82, 2.24) is 5.32 Å². The number of carbonyl (C=O) groups excluding carboxylic acids is 2. The Kier molecular flexibility index (Phi) is 5.97. The van der Waals surface area contributed by atoms with E-state index >= 15 is 0 Å². The number of nitrogen functional groups attached to an aromatic ring is 1. The molecule has 30 heavy (non-hydrogen) atoms. The second kappa shape index (κ2) is 8.65. The van der Waals surface area contributed by atoms with Gasteiger partial charge < -0.3 is 20.7 Å². The van der Waals surface area contributed by atoms with Crippen LogP contribution < -0.4 is 20.9 Å². The number of amides is 2. The van der Waals surface area contributed by atoms with E-state index in [9.17, 15) is 9.59 Å². The standard InChI is InChI=1S/C21H23ClN4O3S/c22-13-3-6-19(30)16(9-13)20(27)24-11-15-12-26(21(28)29-15)14-4-5-18(17(23)10-14)25-7-1-2-8-25/h3-5,9-10,15H,1-2,6-8,11-12,23H2,(H,24,27). The van der Waals surface area contributed by atoms with E-state index in [1.54, 1.807) is 18.2 Å². The predicted octanol–water partition coefficient (Wildman–Crippen LogP) is 3.13. The zero-order valence-electron chi connectivity index (χ0n) is 16.4. The van der Waals surface area contributed by atoms with Crippen LogP contribution in [0.1, 0.15) is 19.3 Å². The van der Waals surface area contributed by atoms with Gasteiger partial charge in [-0.2, -0.15) is 0 Å². The van der Waals surface area contributed by atoms with Crippen LogP contribution in [0.4, 0.5) is 21.9 Å². The van der Waals surface area contributed by atoms with E-state index in [2.05, 4.69) is 10.2 Å². The number of halogens is 1. The van der Waals surface area contributed by atoms with Crippen molar-refractivity contribution in [2.75, 3.05) is 41.7 Å². The van der Waals surface area contributed by atoms with Gasteiger partial charge in [-0.25, -0.2) is 4.79 Å². The number of ether oxygens (including phenoxy) is 1. The number of nitrogens with two attached hydrogens (primary N) is 1. The van der Waals surface area contributed by atoms with Gasteiger partial charge in [0.15, 0.2) is 0 Å². The molecule has 1 unspecified atom stereocenters. The van der Waals surface area contributed by atoms with Crippen molar-refractivity contribution < 1.29 is 14.3 Å². The van der Waals surface area contributed by atoms with E-state index in [1.165, 1.54) is 4.90 Å². The molecule has 3 N–H and O–H groups in total. The third-order valence-electron chi connectivity index (χ3n) is 5.44. The molecule has 0 bridgehead atoms. The second-order valence-electron chi connectivity index (χ2n) is 7.54. The Hall–Kier alpha value is -2.58. The number of anilines is 3. The molecule has 2 heterocycles. The first-order valence-corrected chi connectivity index (χ1v) is 10.7. The summed E-state index contributed by atoms with van der Waals surface area (Å²) in [7, 11) is 0. The Morgan fingerprint density at radius 2 is 2.10 bits per heavy atom. The molecule has 1 aromatic carbocycles. The Labute approximate surface area is 185 Å². The van der Waals surface area contributed by atoms with Crippen LogP contribution in [0, 0.1) is 0 Å². The smallest absolute Gasteiger partial charge is 0.414 e. The van der Waals surface area contributed by atoms with Crippen molar-refractivity contribution in [3.8, 4) is 0 Å². The minimum atomic E-state index is -0.468. The summed E-state index contributed by atoms with van der Waals surface area (Å²) in [4.78, 5) is 29.1. The molecule has 2 saturated heterocycles. The predicted molar refractivity (Wildman–Crippen MR) is 122 cm³/mol. The van der Waals surface area contributed by atoms with Gasteiger partial charge in [-0.15, -0.1) is 0 Å². The van der Waals surface area contributed by atoms with Crippen LogP contribution in [0.2, 0.25) is 0 Å². The van der Waals surface area contributed by atoms with Gasteiger partial charge in [0, 0.05) is 35.1 Å². The molecule has 2 fully saturated rings. The number of thiocarbonyl (C=S) groups is 1. The van der Waals surface area contributed by atoms with Gasteiger partial charge in [0.25, 0.3) is 5.91 Å². The number of benzene rings is 1. The number of cyclic esters (lactones) is 1. The van der Waals surface area contributed by atoms with Crippen LogP contribution in [0.15, 0.2) is 41.0 Å². The number of hydrogen-bond acceptors (Lipinski definition) is 6. The average Bonchev–Trinajstić information content (AvgIpc) is 3.37. The highest BCUT2D eigenvalue weighted by Crippen LogP contribution is 2.32. The summed E-state index contributed by atoms with van der Waals surface area (Å²) in [6, 6.07) is 5.63. The van der Waals surface area contributed by atoms with E-state index in [4.69, 9.17) is 34.3 Å². The molecule has 0 aromatic heterocycles. The van der Waals surface area contributed by atoms with Gasteiger partial charge in [0.2, 0.25) is 0 Å². The van der Waals surface area contributed by atoms with Crippen LogP contribution in [0.3, 0.4) is 0 Å². The van der Waals surface area contributed by atoms with E-state index in [0.29, 0.717) is 39.8 Å². The largest absolute Gasteiger partial charge is 0.442 e. The van der Waals surface area contributed by atoms with Crippen molar-refractivity contribution in [2.24, 2.45) is 0 Å². The van der Waals surface area contributed by atoms with Gasteiger partial charge in [0.1, 0.15) is 6.10 Å². The van der Waals surface area contributed by atoms with Crippen molar-refractivity contribution >= 4 is 57.7 Å². The molecule has 1 aliphatic carbocycles. The van der Waals surface area contributed by atoms with Gasteiger partial charge >= 0.3 is 6.09 Å². The lowest BCUT2D eigenvalue weighted by molar-refractivity contribution is -0.117. The Bertz CT molecular complexity index is 956. The number of nitrogens with zero attached hydrogens (tertiary/aromatic N) is 2. The topological polar surface area (TPSA) is 87.9 Å². The first-order valence-electron chi connectivity index (χ1n) is 9.94. The molecule has 158 valence electrons. The number of carbonyl (C=O) groups is 2. The molecule has 0 spiro atoms. The maximum Gasteiger partial charge on any atom is 0.414 e. The maximum absolute atomic E-state index is 12.4. The molecule has 1 atom stereocenters. The normalized spacial score (nSPS) is 21.4. The van der Waals surface area contributed by atoms with E-state index in [0.717, 1.165) is 31.6 Å². The minimum Gasteiger partial charge on any atom is -0.442 e. The lowest BCUT2D eigenvalue weighted by atomic mass is 10.0. The molecular formula is C21H23ClN4O3S. The molecule has 0 radical (unpaired) electrons. The highest BCUT2D eigenvalue weighted by Gasteiger charge is 2.33. The summed E-state index contributed by atoms with van der Waals surface area (Å²) in [6.45, 7) is 2.51. The van der Waals surface area contributed by atoms with E-state index < -0.39 is 12.2 Å². The summed E-state index contributed by atoms with van der Waals surface area (Å²) in [6.07, 6.45) is 5.19. The van der Waals surface area contributed by atoms with Crippen molar-refractivity contribution in [3.05, 3.63) is 41.0 Å². The summed E-state index contributed by atoms with van der Waals surface area (Å²) in [5.41, 5.74) is 8.94. The zero-order valence-corrected chi connectivity index (χ0v) is 18.0.